The van der Waals surface area contributed by atoms with Crippen molar-refractivity contribution in [2.24, 2.45) is 0 Å². The van der Waals surface area contributed by atoms with Gasteiger partial charge in [-0.05, 0) is 63.4 Å². The summed E-state index contributed by atoms with van der Waals surface area (Å²) in [6.45, 7) is 9.43. The molecule has 0 spiro atoms. The number of imidazole rings is 1. The van der Waals surface area contributed by atoms with Crippen molar-refractivity contribution in [1.82, 2.24) is 14.4 Å². The molecule has 0 aliphatic carbocycles. The number of aryl methyl sites for hydroxylation is 1. The van der Waals surface area contributed by atoms with Gasteiger partial charge in [0.1, 0.15) is 11.1 Å². The number of carboxylic acid groups (broad SMARTS) is 1. The van der Waals surface area contributed by atoms with Gasteiger partial charge in [0.25, 0.3) is 0 Å². The molecule has 3 rings (SSSR count). The van der Waals surface area contributed by atoms with Crippen molar-refractivity contribution in [2.45, 2.75) is 52.4 Å². The molecule has 0 bridgehead atoms. The molecule has 1 atom stereocenters. The number of Topliss-reactive ketones (excluding diaryl/α,β-unsaturated/α-hetero) is 1. The molecule has 0 aromatic carbocycles. The number of fused-ring (bicyclic) bond motifs is 1. The summed E-state index contributed by atoms with van der Waals surface area (Å²) in [7, 11) is 0. The van der Waals surface area contributed by atoms with Gasteiger partial charge in [0.2, 0.25) is 0 Å². The lowest BCUT2D eigenvalue weighted by Crippen LogP contribution is -2.29. The number of rotatable bonds is 8. The highest BCUT2D eigenvalue weighted by Gasteiger charge is 2.31. The first-order chi connectivity index (χ1) is 14.2. The van der Waals surface area contributed by atoms with Crippen LogP contribution in [0.25, 0.3) is 5.65 Å². The van der Waals surface area contributed by atoms with E-state index in [1.165, 1.54) is 0 Å². The number of nitrogens with zero attached hydrogens (tertiary/aromatic N) is 3. The van der Waals surface area contributed by atoms with Crippen LogP contribution >= 0.6 is 0 Å². The monoisotopic (exact) mass is 409 g/mol. The fourth-order valence-corrected chi connectivity index (χ4v) is 3.46. The van der Waals surface area contributed by atoms with Crippen molar-refractivity contribution in [3.05, 3.63) is 59.3 Å². The molecule has 7 heteroatoms. The zero-order valence-electron chi connectivity index (χ0n) is 18.0. The van der Waals surface area contributed by atoms with Gasteiger partial charge in [0.05, 0.1) is 18.0 Å². The van der Waals surface area contributed by atoms with Gasteiger partial charge in [-0.25, -0.2) is 4.98 Å². The fourth-order valence-electron chi connectivity index (χ4n) is 3.46. The molecule has 3 heterocycles. The maximum atomic E-state index is 13.2. The lowest BCUT2D eigenvalue weighted by molar-refractivity contribution is -0.142. The van der Waals surface area contributed by atoms with Gasteiger partial charge in [0, 0.05) is 18.8 Å². The van der Waals surface area contributed by atoms with Crippen LogP contribution in [0.3, 0.4) is 0 Å². The van der Waals surface area contributed by atoms with Crippen molar-refractivity contribution < 1.29 is 19.4 Å². The molecule has 0 saturated carbocycles. The number of carbonyl (C=O) groups is 2. The fraction of sp³-hybridized carbons (Fsp3) is 0.391. The van der Waals surface area contributed by atoms with Crippen molar-refractivity contribution >= 4 is 17.4 Å². The number of pyridine rings is 2. The minimum atomic E-state index is -1.10. The molecular weight excluding hydrogens is 382 g/mol. The summed E-state index contributed by atoms with van der Waals surface area (Å²) >= 11 is 0. The molecule has 7 nitrogen and oxygen atoms in total. The summed E-state index contributed by atoms with van der Waals surface area (Å²) in [4.78, 5) is 33.5. The van der Waals surface area contributed by atoms with Crippen molar-refractivity contribution in [1.29, 1.82) is 0 Å². The molecule has 0 aliphatic heterocycles. The molecule has 1 N–H and O–H groups in total. The second-order valence-electron chi connectivity index (χ2n) is 7.98. The normalized spacial score (nSPS) is 12.7. The SMILES string of the molecule is CCOc1cccn2c(C(=O)C[C@@H](C)c3ccnc(C(C)(C)C(=O)O)c3)c(C)nc12. The molecule has 0 radical (unpaired) electrons. The molecule has 0 aliphatic rings. The third-order valence-electron chi connectivity index (χ3n) is 5.37. The van der Waals surface area contributed by atoms with Gasteiger partial charge in [-0.15, -0.1) is 0 Å². The Labute approximate surface area is 175 Å². The maximum Gasteiger partial charge on any atom is 0.315 e. The first-order valence-electron chi connectivity index (χ1n) is 10.00. The summed E-state index contributed by atoms with van der Waals surface area (Å²) in [6, 6.07) is 7.28. The van der Waals surface area contributed by atoms with Gasteiger partial charge in [0.15, 0.2) is 17.2 Å². The highest BCUT2D eigenvalue weighted by atomic mass is 16.5. The van der Waals surface area contributed by atoms with E-state index >= 15 is 0 Å². The Kier molecular flexibility index (Phi) is 5.92. The average Bonchev–Trinajstić information content (AvgIpc) is 3.05. The highest BCUT2D eigenvalue weighted by Crippen LogP contribution is 2.28. The summed E-state index contributed by atoms with van der Waals surface area (Å²) in [5.74, 6) is -0.437. The molecule has 3 aromatic heterocycles. The number of ketones is 1. The van der Waals surface area contributed by atoms with E-state index in [-0.39, 0.29) is 18.1 Å². The van der Waals surface area contributed by atoms with Gasteiger partial charge >= 0.3 is 5.97 Å². The summed E-state index contributed by atoms with van der Waals surface area (Å²) in [5.41, 5.74) is 2.07. The van der Waals surface area contributed by atoms with E-state index in [1.54, 1.807) is 30.5 Å². The Morgan fingerprint density at radius 2 is 2.03 bits per heavy atom. The van der Waals surface area contributed by atoms with E-state index in [0.29, 0.717) is 35.1 Å². The zero-order valence-corrected chi connectivity index (χ0v) is 18.0. The van der Waals surface area contributed by atoms with E-state index in [1.807, 2.05) is 45.2 Å². The first-order valence-corrected chi connectivity index (χ1v) is 10.00. The number of hydrogen-bond donors (Lipinski definition) is 1. The van der Waals surface area contributed by atoms with Crippen LogP contribution in [0.5, 0.6) is 5.75 Å². The van der Waals surface area contributed by atoms with Crippen LogP contribution in [-0.4, -0.2) is 37.8 Å². The number of aliphatic carboxylic acids is 1. The second kappa shape index (κ2) is 8.26. The maximum absolute atomic E-state index is 13.2. The van der Waals surface area contributed by atoms with Gasteiger partial charge < -0.3 is 9.84 Å². The number of carbonyl (C=O) groups excluding carboxylic acids is 1. The van der Waals surface area contributed by atoms with E-state index in [9.17, 15) is 14.7 Å². The molecule has 0 saturated heterocycles. The van der Waals surface area contributed by atoms with Gasteiger partial charge in [-0.3, -0.25) is 19.0 Å². The molecule has 3 aromatic rings. The van der Waals surface area contributed by atoms with Crippen LogP contribution in [0, 0.1) is 6.92 Å². The van der Waals surface area contributed by atoms with E-state index < -0.39 is 11.4 Å². The quantitative estimate of drug-likeness (QED) is 0.561. The topological polar surface area (TPSA) is 93.8 Å². The molecule has 0 unspecified atom stereocenters. The smallest absolute Gasteiger partial charge is 0.315 e. The number of ether oxygens (including phenoxy) is 1. The number of hydrogen-bond acceptors (Lipinski definition) is 5. The van der Waals surface area contributed by atoms with Gasteiger partial charge in [-0.2, -0.15) is 0 Å². The lowest BCUT2D eigenvalue weighted by Gasteiger charge is -2.20. The molecule has 0 fully saturated rings. The summed E-state index contributed by atoms with van der Waals surface area (Å²) < 4.78 is 7.41. The molecular formula is C23H27N3O4. The predicted octanol–water partition coefficient (Wildman–Crippen LogP) is 4.18. The minimum absolute atomic E-state index is 0.0306. The predicted molar refractivity (Wildman–Crippen MR) is 113 cm³/mol. The van der Waals surface area contributed by atoms with E-state index in [0.717, 1.165) is 5.56 Å². The summed E-state index contributed by atoms with van der Waals surface area (Å²) in [6.07, 6.45) is 3.68. The Bertz CT molecular complexity index is 1100. The minimum Gasteiger partial charge on any atom is -0.490 e. The number of aromatic nitrogens is 3. The van der Waals surface area contributed by atoms with Gasteiger partial charge in [-0.1, -0.05) is 6.92 Å². The largest absolute Gasteiger partial charge is 0.490 e. The third kappa shape index (κ3) is 3.92. The van der Waals surface area contributed by atoms with Crippen molar-refractivity contribution in [3.63, 3.8) is 0 Å². The third-order valence-corrected chi connectivity index (χ3v) is 5.37. The summed E-state index contributed by atoms with van der Waals surface area (Å²) in [5, 5.41) is 9.47. The number of carboxylic acids is 1. The Balaban J connectivity index is 1.89. The highest BCUT2D eigenvalue weighted by molar-refractivity contribution is 5.97. The lowest BCUT2D eigenvalue weighted by atomic mass is 9.86. The van der Waals surface area contributed by atoms with E-state index in [2.05, 4.69) is 9.97 Å². The van der Waals surface area contributed by atoms with Crippen LogP contribution in [0.2, 0.25) is 0 Å². The second-order valence-corrected chi connectivity index (χ2v) is 7.98. The molecule has 158 valence electrons. The Morgan fingerprint density at radius 1 is 1.30 bits per heavy atom. The zero-order chi connectivity index (χ0) is 22.1. The van der Waals surface area contributed by atoms with Crippen LogP contribution in [0.1, 0.15) is 67.5 Å². The Morgan fingerprint density at radius 3 is 2.70 bits per heavy atom. The van der Waals surface area contributed by atoms with E-state index in [4.69, 9.17) is 4.74 Å². The standard InChI is InChI=1S/C23H27N3O4/c1-6-30-18-8-7-11-26-20(15(3)25-21(18)26)17(27)12-14(2)16-9-10-24-19(13-16)23(4,5)22(28)29/h7-11,13-14H,6,12H2,1-5H3,(H,28,29)/t14-/m1/s1. The molecule has 30 heavy (non-hydrogen) atoms. The van der Waals surface area contributed by atoms with Crippen LogP contribution in [0.15, 0.2) is 36.7 Å². The van der Waals surface area contributed by atoms with Crippen LogP contribution in [-0.2, 0) is 10.2 Å². The average molecular weight is 409 g/mol. The first kappa shape index (κ1) is 21.5. The molecule has 0 amide bonds. The van der Waals surface area contributed by atoms with Crippen molar-refractivity contribution in [2.75, 3.05) is 6.61 Å². The van der Waals surface area contributed by atoms with Crippen LogP contribution in [0.4, 0.5) is 0 Å². The van der Waals surface area contributed by atoms with Crippen LogP contribution < -0.4 is 4.74 Å². The Hall–Kier alpha value is -3.22. The van der Waals surface area contributed by atoms with Crippen molar-refractivity contribution in [3.8, 4) is 5.75 Å².